The first kappa shape index (κ1) is 14.5. The first-order valence-corrected chi connectivity index (χ1v) is 5.51. The molecule has 0 radical (unpaired) electrons. The van der Waals surface area contributed by atoms with Crippen LogP contribution in [0.1, 0.15) is 18.4 Å². The number of halogens is 3. The first-order valence-electron chi connectivity index (χ1n) is 5.51. The highest BCUT2D eigenvalue weighted by Crippen LogP contribution is 2.22. The van der Waals surface area contributed by atoms with Crippen LogP contribution in [-0.4, -0.2) is 19.1 Å². The molecule has 0 heterocycles. The summed E-state index contributed by atoms with van der Waals surface area (Å²) in [5, 5.41) is 5.41. The molecule has 0 aliphatic heterocycles. The third-order valence-corrected chi connectivity index (χ3v) is 2.29. The lowest BCUT2D eigenvalue weighted by molar-refractivity contribution is -0.142. The maximum atomic E-state index is 12.0. The summed E-state index contributed by atoms with van der Waals surface area (Å²) in [7, 11) is 1.75. The zero-order chi connectivity index (χ0) is 13.6. The van der Waals surface area contributed by atoms with E-state index in [1.54, 1.807) is 31.3 Å². The molecule has 0 saturated heterocycles. The number of hydrogen-bond acceptors (Lipinski definition) is 2. The molecule has 1 rings (SSSR count). The lowest BCUT2D eigenvalue weighted by Gasteiger charge is -2.11. The highest BCUT2D eigenvalue weighted by molar-refractivity contribution is 5.91. The number of carbonyl (C=O) groups excluding carboxylic acids is 1. The van der Waals surface area contributed by atoms with Crippen molar-refractivity contribution >= 4 is 11.6 Å². The van der Waals surface area contributed by atoms with Crippen LogP contribution in [0.25, 0.3) is 0 Å². The van der Waals surface area contributed by atoms with Gasteiger partial charge < -0.3 is 10.6 Å². The van der Waals surface area contributed by atoms with Crippen LogP contribution >= 0.6 is 0 Å². The average Bonchev–Trinajstić information content (AvgIpc) is 2.29. The summed E-state index contributed by atoms with van der Waals surface area (Å²) in [6.07, 6.45) is -5.97. The molecule has 1 amide bonds. The molecule has 0 aromatic heterocycles. The molecule has 3 nitrogen and oxygen atoms in total. The van der Waals surface area contributed by atoms with Gasteiger partial charge in [-0.3, -0.25) is 4.79 Å². The minimum absolute atomic E-state index is 0.537. The predicted molar refractivity (Wildman–Crippen MR) is 63.1 cm³/mol. The Kier molecular flexibility index (Phi) is 5.15. The molecule has 2 N–H and O–H groups in total. The number of carbonyl (C=O) groups is 1. The zero-order valence-corrected chi connectivity index (χ0v) is 9.97. The van der Waals surface area contributed by atoms with Crippen molar-refractivity contribution < 1.29 is 18.0 Å². The molecule has 0 saturated carbocycles. The van der Waals surface area contributed by atoms with Crippen molar-refractivity contribution in [2.45, 2.75) is 25.6 Å². The second kappa shape index (κ2) is 6.39. The summed E-state index contributed by atoms with van der Waals surface area (Å²) < 4.78 is 35.9. The lowest BCUT2D eigenvalue weighted by Crippen LogP contribution is -2.18. The van der Waals surface area contributed by atoms with Crippen molar-refractivity contribution in [1.29, 1.82) is 0 Å². The fourth-order valence-corrected chi connectivity index (χ4v) is 1.45. The summed E-state index contributed by atoms with van der Waals surface area (Å²) in [5.74, 6) is -0.629. The molecular formula is C12H15F3N2O. The maximum Gasteiger partial charge on any atom is 0.389 e. The summed E-state index contributed by atoms with van der Waals surface area (Å²) in [6.45, 7) is 0.537. The van der Waals surface area contributed by atoms with E-state index in [4.69, 9.17) is 0 Å². The largest absolute Gasteiger partial charge is 0.389 e. The Morgan fingerprint density at radius 2 is 1.94 bits per heavy atom. The molecule has 1 aromatic rings. The molecule has 0 bridgehead atoms. The van der Waals surface area contributed by atoms with E-state index in [-0.39, 0.29) is 0 Å². The van der Waals surface area contributed by atoms with Crippen molar-refractivity contribution in [3.8, 4) is 0 Å². The van der Waals surface area contributed by atoms with E-state index in [0.717, 1.165) is 5.56 Å². The van der Waals surface area contributed by atoms with Crippen LogP contribution in [0.2, 0.25) is 0 Å². The van der Waals surface area contributed by atoms with Gasteiger partial charge in [0, 0.05) is 18.7 Å². The standard InChI is InChI=1S/C12H15F3N2O/c1-16-8-9-4-2-3-5-10(9)17-11(18)6-7-12(13,14)15/h2-5,16H,6-8H2,1H3,(H,17,18). The Labute approximate surface area is 103 Å². The van der Waals surface area contributed by atoms with E-state index in [1.807, 2.05) is 0 Å². The van der Waals surface area contributed by atoms with Gasteiger partial charge in [-0.25, -0.2) is 0 Å². The van der Waals surface area contributed by atoms with Crippen molar-refractivity contribution in [2.24, 2.45) is 0 Å². The fourth-order valence-electron chi connectivity index (χ4n) is 1.45. The van der Waals surface area contributed by atoms with Crippen molar-refractivity contribution in [2.75, 3.05) is 12.4 Å². The summed E-state index contributed by atoms with van der Waals surface area (Å²) in [6, 6.07) is 6.99. The van der Waals surface area contributed by atoms with Gasteiger partial charge in [-0.1, -0.05) is 18.2 Å². The molecule has 0 spiro atoms. The molecular weight excluding hydrogens is 245 g/mol. The van der Waals surface area contributed by atoms with E-state index in [2.05, 4.69) is 10.6 Å². The monoisotopic (exact) mass is 260 g/mol. The van der Waals surface area contributed by atoms with Crippen molar-refractivity contribution in [3.05, 3.63) is 29.8 Å². The van der Waals surface area contributed by atoms with Crippen LogP contribution in [0.3, 0.4) is 0 Å². The maximum absolute atomic E-state index is 12.0. The summed E-state index contributed by atoms with van der Waals surface area (Å²) in [4.78, 5) is 11.4. The fraction of sp³-hybridized carbons (Fsp3) is 0.417. The van der Waals surface area contributed by atoms with Crippen LogP contribution in [0, 0.1) is 0 Å². The number of amides is 1. The van der Waals surface area contributed by atoms with Crippen molar-refractivity contribution in [3.63, 3.8) is 0 Å². The lowest BCUT2D eigenvalue weighted by atomic mass is 10.1. The van der Waals surface area contributed by atoms with Gasteiger partial charge in [0.05, 0.1) is 6.42 Å². The topological polar surface area (TPSA) is 41.1 Å². The minimum Gasteiger partial charge on any atom is -0.326 e. The molecule has 6 heteroatoms. The third-order valence-electron chi connectivity index (χ3n) is 2.29. The number of nitrogens with one attached hydrogen (secondary N) is 2. The highest BCUT2D eigenvalue weighted by atomic mass is 19.4. The summed E-state index contributed by atoms with van der Waals surface area (Å²) in [5.41, 5.74) is 1.37. The summed E-state index contributed by atoms with van der Waals surface area (Å²) >= 11 is 0. The Morgan fingerprint density at radius 3 is 2.56 bits per heavy atom. The van der Waals surface area contributed by atoms with Gasteiger partial charge in [0.2, 0.25) is 5.91 Å². The Morgan fingerprint density at radius 1 is 1.28 bits per heavy atom. The molecule has 1 aromatic carbocycles. The SMILES string of the molecule is CNCc1ccccc1NC(=O)CCC(F)(F)F. The molecule has 0 aliphatic carbocycles. The molecule has 0 fully saturated rings. The smallest absolute Gasteiger partial charge is 0.326 e. The van der Waals surface area contributed by atoms with Crippen molar-refractivity contribution in [1.82, 2.24) is 5.32 Å². The second-order valence-electron chi connectivity index (χ2n) is 3.85. The number of hydrogen-bond donors (Lipinski definition) is 2. The zero-order valence-electron chi connectivity index (χ0n) is 9.97. The van der Waals surface area contributed by atoms with Crippen LogP contribution in [0.15, 0.2) is 24.3 Å². The Balaban J connectivity index is 2.59. The van der Waals surface area contributed by atoms with Crippen LogP contribution < -0.4 is 10.6 Å². The van der Waals surface area contributed by atoms with Gasteiger partial charge in [-0.15, -0.1) is 0 Å². The van der Waals surface area contributed by atoms with E-state index < -0.39 is 24.9 Å². The molecule has 0 unspecified atom stereocenters. The first-order chi connectivity index (χ1) is 8.42. The second-order valence-corrected chi connectivity index (χ2v) is 3.85. The van der Waals surface area contributed by atoms with E-state index in [0.29, 0.717) is 12.2 Å². The normalized spacial score (nSPS) is 11.3. The minimum atomic E-state index is -4.30. The highest BCUT2D eigenvalue weighted by Gasteiger charge is 2.27. The number of para-hydroxylation sites is 1. The van der Waals surface area contributed by atoms with Gasteiger partial charge >= 0.3 is 6.18 Å². The molecule has 0 aliphatic rings. The van der Waals surface area contributed by atoms with Gasteiger partial charge in [-0.2, -0.15) is 13.2 Å². The third kappa shape index (κ3) is 5.18. The number of rotatable bonds is 5. The van der Waals surface area contributed by atoms with Gasteiger partial charge in [0.25, 0.3) is 0 Å². The van der Waals surface area contributed by atoms with Crippen LogP contribution in [-0.2, 0) is 11.3 Å². The molecule has 18 heavy (non-hydrogen) atoms. The van der Waals surface area contributed by atoms with Gasteiger partial charge in [0.15, 0.2) is 0 Å². The van der Waals surface area contributed by atoms with Gasteiger partial charge in [-0.05, 0) is 18.7 Å². The Bertz CT molecular complexity index is 405. The quantitative estimate of drug-likeness (QED) is 0.854. The number of benzene rings is 1. The predicted octanol–water partition coefficient (Wildman–Crippen LogP) is 2.69. The van der Waals surface area contributed by atoms with Crippen LogP contribution in [0.4, 0.5) is 18.9 Å². The van der Waals surface area contributed by atoms with E-state index >= 15 is 0 Å². The van der Waals surface area contributed by atoms with E-state index in [1.165, 1.54) is 0 Å². The molecule has 0 atom stereocenters. The average molecular weight is 260 g/mol. The molecule has 100 valence electrons. The van der Waals surface area contributed by atoms with E-state index in [9.17, 15) is 18.0 Å². The van der Waals surface area contributed by atoms with Crippen LogP contribution in [0.5, 0.6) is 0 Å². The number of anilines is 1. The number of alkyl halides is 3. The van der Waals surface area contributed by atoms with Gasteiger partial charge in [0.1, 0.15) is 0 Å². The Hall–Kier alpha value is -1.56.